The Morgan fingerprint density at radius 1 is 0.596 bits per heavy atom. The van der Waals surface area contributed by atoms with Crippen molar-refractivity contribution >= 4 is 51.7 Å². The molecule has 10 heteroatoms. The maximum atomic E-state index is 14.1. The van der Waals surface area contributed by atoms with E-state index >= 15 is 0 Å². The normalized spacial score (nSPS) is 16.0. The lowest BCUT2D eigenvalue weighted by molar-refractivity contribution is 0.0262. The number of para-hydroxylation sites is 2. The third-order valence-corrected chi connectivity index (χ3v) is 9.79. The molecule has 0 spiro atoms. The molecule has 1 heterocycles. The molecule has 6 aromatic rings. The number of hydrogen-bond acceptors (Lipinski definition) is 4. The van der Waals surface area contributed by atoms with Crippen molar-refractivity contribution in [2.45, 2.75) is 32.0 Å². The summed E-state index contributed by atoms with van der Waals surface area (Å²) in [5.74, 6) is -0.539. The fourth-order valence-electron chi connectivity index (χ4n) is 5.31. The lowest BCUT2D eigenvalue weighted by Crippen LogP contribution is -2.42. The average Bonchev–Trinajstić information content (AvgIpc) is 3.34. The van der Waals surface area contributed by atoms with Crippen molar-refractivity contribution in [3.05, 3.63) is 167 Å². The average molecular weight is 803 g/mol. The number of rotatable bonds is 4. The Kier molecular flexibility index (Phi) is 12.4. The molecule has 52 heavy (non-hydrogen) atoms. The topological polar surface area (TPSA) is 58.9 Å². The Hall–Kier alpha value is -4.31. The summed E-state index contributed by atoms with van der Waals surface area (Å²) < 4.78 is 38.8. The maximum absolute atomic E-state index is 14.1. The van der Waals surface area contributed by atoms with Crippen LogP contribution in [-0.4, -0.2) is 28.5 Å². The van der Waals surface area contributed by atoms with E-state index in [-0.39, 0.29) is 17.3 Å². The molecular formula is C42H35BBrCl2F2O4+. The number of phenols is 2. The Labute approximate surface area is 321 Å². The Bertz CT molecular complexity index is 2130. The van der Waals surface area contributed by atoms with Crippen molar-refractivity contribution < 1.29 is 28.3 Å². The lowest BCUT2D eigenvalue weighted by atomic mass is 9.77. The van der Waals surface area contributed by atoms with Crippen LogP contribution in [0.5, 0.6) is 11.5 Å². The molecule has 7 rings (SSSR count). The molecule has 0 radical (unpaired) electrons. The highest BCUT2D eigenvalue weighted by Crippen LogP contribution is 2.40. The van der Waals surface area contributed by atoms with Crippen LogP contribution in [0.4, 0.5) is 8.78 Å². The minimum absolute atomic E-state index is 0.0601. The van der Waals surface area contributed by atoms with Gasteiger partial charge in [0.1, 0.15) is 28.7 Å². The van der Waals surface area contributed by atoms with Crippen LogP contribution in [0.15, 0.2) is 138 Å². The lowest BCUT2D eigenvalue weighted by Gasteiger charge is -2.25. The Morgan fingerprint density at radius 3 is 1.60 bits per heavy atom. The summed E-state index contributed by atoms with van der Waals surface area (Å²) in [6, 6.07) is 39.0. The molecule has 264 valence electrons. The summed E-state index contributed by atoms with van der Waals surface area (Å²) in [7, 11) is -0.624. The zero-order chi connectivity index (χ0) is 37.6. The smallest absolute Gasteiger partial charge is 0.501 e. The first-order valence-electron chi connectivity index (χ1n) is 16.2. The van der Waals surface area contributed by atoms with E-state index < -0.39 is 24.1 Å². The largest absolute Gasteiger partial charge is 0.508 e. The van der Waals surface area contributed by atoms with Gasteiger partial charge in [-0.25, -0.2) is 8.78 Å². The van der Waals surface area contributed by atoms with E-state index in [1.54, 1.807) is 36.4 Å². The van der Waals surface area contributed by atoms with Crippen LogP contribution in [0.25, 0.3) is 33.4 Å². The van der Waals surface area contributed by atoms with E-state index in [4.69, 9.17) is 32.5 Å². The second-order valence-corrected chi connectivity index (χ2v) is 14.4. The van der Waals surface area contributed by atoms with Gasteiger partial charge in [0.15, 0.2) is 0 Å². The van der Waals surface area contributed by atoms with Crippen molar-refractivity contribution in [1.29, 1.82) is 0 Å². The van der Waals surface area contributed by atoms with Gasteiger partial charge >= 0.3 is 7.12 Å². The molecule has 1 saturated heterocycles. The van der Waals surface area contributed by atoms with Crippen LogP contribution in [0, 0.1) is 18.6 Å². The summed E-state index contributed by atoms with van der Waals surface area (Å²) in [6.07, 6.45) is 0. The molecule has 1 fully saturated rings. The minimum Gasteiger partial charge on any atom is -0.508 e. The molecule has 6 aromatic carbocycles. The molecule has 1 atom stereocenters. The number of hydrogen-bond donors (Lipinski definition) is 2. The molecule has 2 N–H and O–H groups in total. The van der Waals surface area contributed by atoms with Gasteiger partial charge in [0.25, 0.3) is 0 Å². The first-order valence-corrected chi connectivity index (χ1v) is 17.7. The highest BCUT2D eigenvalue weighted by Gasteiger charge is 2.57. The predicted octanol–water partition coefficient (Wildman–Crippen LogP) is 11.9. The predicted molar refractivity (Wildman–Crippen MR) is 212 cm³/mol. The first kappa shape index (κ1) is 38.9. The second kappa shape index (κ2) is 16.6. The van der Waals surface area contributed by atoms with E-state index in [1.807, 2.05) is 106 Å². The van der Waals surface area contributed by atoms with Gasteiger partial charge in [-0.05, 0) is 77.3 Å². The maximum Gasteiger partial charge on any atom is 0.501 e. The molecule has 0 aliphatic carbocycles. The van der Waals surface area contributed by atoms with Crippen LogP contribution in [0.2, 0.25) is 10.0 Å². The van der Waals surface area contributed by atoms with Crippen molar-refractivity contribution in [3.63, 3.8) is 0 Å². The third kappa shape index (κ3) is 9.00. The number of aromatic hydroxyl groups is 2. The third-order valence-electron chi connectivity index (χ3n) is 8.67. The van der Waals surface area contributed by atoms with E-state index in [0.29, 0.717) is 36.7 Å². The van der Waals surface area contributed by atoms with Gasteiger partial charge in [-0.15, -0.1) is 0 Å². The summed E-state index contributed by atoms with van der Waals surface area (Å²) in [4.78, 5) is 0. The molecule has 0 saturated carbocycles. The summed E-state index contributed by atoms with van der Waals surface area (Å²) in [5.41, 5.74) is 3.47. The monoisotopic (exact) mass is 801 g/mol. The van der Waals surface area contributed by atoms with E-state index in [2.05, 4.69) is 22.9 Å². The summed E-state index contributed by atoms with van der Waals surface area (Å²) in [5, 5.41) is 21.9. The molecule has 0 amide bonds. The van der Waals surface area contributed by atoms with E-state index in [0.717, 1.165) is 16.7 Å². The molecule has 0 aromatic heterocycles. The fraction of sp³-hybridized carbons (Fsp3) is 0.119. The van der Waals surface area contributed by atoms with Gasteiger partial charge in [0.2, 0.25) is 5.60 Å². The number of halogens is 5. The van der Waals surface area contributed by atoms with E-state index in [1.165, 1.54) is 12.1 Å². The van der Waals surface area contributed by atoms with Crippen LogP contribution in [-0.2, 0) is 9.31 Å². The number of phenolic OH excluding ortho intramolecular Hbond substituents is 2. The Morgan fingerprint density at radius 2 is 1.10 bits per heavy atom. The van der Waals surface area contributed by atoms with Gasteiger partial charge in [-0.2, -0.15) is 0 Å². The SMILES string of the molecule is Fc1cc(Cl)ccc1Br.Oc1c(-c2ccccc2)cccc1-c1ccc(Cl)cc1F.[CH2+]C1(C)OB(c2cccc(-c3ccccc3)c2O)OC1(C)C. The highest BCUT2D eigenvalue weighted by atomic mass is 79.9. The van der Waals surface area contributed by atoms with Crippen LogP contribution < -0.4 is 5.46 Å². The standard InChI is InChI=1S/C18H19BO3.C18H12ClFO.C6H3BrClF/c1-17(2)18(3,4)22-19(21-17)15-12-8-11-14(16(15)20)13-9-6-5-7-10-13;19-13-9-10-15(17(20)11-13)16-8-4-7-14(18(16)21)12-5-2-1-3-6-12;7-5-2-1-4(8)3-6(5)9/h5-12H,1H2,2-4H3;1-11,21H;1-3H/p+1. The molecule has 1 unspecified atom stereocenters. The highest BCUT2D eigenvalue weighted by molar-refractivity contribution is 9.10. The van der Waals surface area contributed by atoms with Gasteiger partial charge in [0.05, 0.1) is 11.4 Å². The van der Waals surface area contributed by atoms with Crippen molar-refractivity contribution in [2.24, 2.45) is 0 Å². The molecule has 1 aliphatic rings. The molecule has 0 bridgehead atoms. The summed E-state index contributed by atoms with van der Waals surface area (Å²) >= 11 is 14.2. The fourth-order valence-corrected chi connectivity index (χ4v) is 5.88. The van der Waals surface area contributed by atoms with Crippen LogP contribution >= 0.6 is 39.1 Å². The van der Waals surface area contributed by atoms with Crippen LogP contribution in [0.1, 0.15) is 20.8 Å². The zero-order valence-corrected chi connectivity index (χ0v) is 31.7. The van der Waals surface area contributed by atoms with Crippen molar-refractivity contribution in [2.75, 3.05) is 0 Å². The first-order chi connectivity index (χ1) is 24.7. The quantitative estimate of drug-likeness (QED) is 0.106. The van der Waals surface area contributed by atoms with Gasteiger partial charge in [0, 0.05) is 44.7 Å². The van der Waals surface area contributed by atoms with Gasteiger partial charge in [-0.1, -0.05) is 120 Å². The molecule has 1 aliphatic heterocycles. The minimum atomic E-state index is -0.674. The van der Waals surface area contributed by atoms with Crippen molar-refractivity contribution in [1.82, 2.24) is 0 Å². The number of benzene rings is 6. The van der Waals surface area contributed by atoms with Crippen molar-refractivity contribution in [3.8, 4) is 44.9 Å². The van der Waals surface area contributed by atoms with Gasteiger partial charge < -0.3 is 19.5 Å². The zero-order valence-electron chi connectivity index (χ0n) is 28.6. The summed E-state index contributed by atoms with van der Waals surface area (Å²) in [6.45, 7) is 9.86. The molecular weight excluding hydrogens is 768 g/mol. The van der Waals surface area contributed by atoms with E-state index in [9.17, 15) is 19.0 Å². The van der Waals surface area contributed by atoms with Crippen LogP contribution in [0.3, 0.4) is 0 Å². The molecule has 4 nitrogen and oxygen atoms in total. The second-order valence-electron chi connectivity index (χ2n) is 12.7. The Balaban J connectivity index is 0.000000163. The van der Waals surface area contributed by atoms with Gasteiger partial charge in [-0.3, -0.25) is 0 Å².